The van der Waals surface area contributed by atoms with Crippen molar-refractivity contribution in [2.24, 2.45) is 5.41 Å². The molecule has 1 aliphatic rings. The van der Waals surface area contributed by atoms with Gasteiger partial charge >= 0.3 is 0 Å². The third kappa shape index (κ3) is 5.50. The second-order valence-electron chi connectivity index (χ2n) is 7.53. The second kappa shape index (κ2) is 9.30. The van der Waals surface area contributed by atoms with Gasteiger partial charge < -0.3 is 24.4 Å². The van der Waals surface area contributed by atoms with E-state index in [1.54, 1.807) is 43.5 Å². The molecular weight excluding hydrogens is 377 g/mol. The third-order valence-electron chi connectivity index (χ3n) is 4.60. The summed E-state index contributed by atoms with van der Waals surface area (Å²) in [5.41, 5.74) is -0.0285. The van der Waals surface area contributed by atoms with Crippen LogP contribution in [0.1, 0.15) is 18.8 Å². The van der Waals surface area contributed by atoms with Crippen LogP contribution >= 0.6 is 0 Å². The van der Waals surface area contributed by atoms with E-state index in [9.17, 15) is 9.18 Å². The Morgan fingerprint density at radius 2 is 2.00 bits per heavy atom. The summed E-state index contributed by atoms with van der Waals surface area (Å²) in [6.45, 7) is 3.27. The van der Waals surface area contributed by atoms with Crippen LogP contribution in [0, 0.1) is 11.2 Å². The molecule has 29 heavy (non-hydrogen) atoms. The Bertz CT molecular complexity index is 821. The van der Waals surface area contributed by atoms with E-state index in [-0.39, 0.29) is 19.1 Å². The highest BCUT2D eigenvalue weighted by atomic mass is 19.1. The van der Waals surface area contributed by atoms with Gasteiger partial charge in [0, 0.05) is 18.2 Å². The zero-order valence-corrected chi connectivity index (χ0v) is 16.9. The number of pyridine rings is 1. The van der Waals surface area contributed by atoms with Crippen LogP contribution in [0.4, 0.5) is 10.1 Å². The smallest absolute Gasteiger partial charge is 0.235 e. The number of likely N-dealkylation sites (N-methyl/N-ethyl adjacent to an activating group) is 1. The van der Waals surface area contributed by atoms with Crippen molar-refractivity contribution in [3.05, 3.63) is 54.0 Å². The number of nitrogens with zero attached hydrogens (tertiary/aromatic N) is 2. The number of halogens is 1. The maximum absolute atomic E-state index is 13.9. The molecule has 1 aromatic carbocycles. The van der Waals surface area contributed by atoms with Crippen LogP contribution in [-0.4, -0.2) is 56.3 Å². The number of benzene rings is 1. The molecule has 1 amide bonds. The van der Waals surface area contributed by atoms with Crippen molar-refractivity contribution in [3.63, 3.8) is 0 Å². The summed E-state index contributed by atoms with van der Waals surface area (Å²) < 4.78 is 30.7. The van der Waals surface area contributed by atoms with E-state index in [1.807, 2.05) is 19.0 Å². The lowest BCUT2D eigenvalue weighted by Gasteiger charge is -2.36. The molecule has 8 heteroatoms. The molecule has 156 valence electrons. The lowest BCUT2D eigenvalue weighted by Crippen LogP contribution is -2.45. The molecular formula is C21H26FN3O4. The quantitative estimate of drug-likeness (QED) is 0.767. The number of aromatic nitrogens is 1. The van der Waals surface area contributed by atoms with Gasteiger partial charge in [-0.2, -0.15) is 0 Å². The van der Waals surface area contributed by atoms with Crippen LogP contribution in [0.5, 0.6) is 5.88 Å². The fourth-order valence-electron chi connectivity index (χ4n) is 2.74. The van der Waals surface area contributed by atoms with Crippen molar-refractivity contribution in [1.29, 1.82) is 0 Å². The van der Waals surface area contributed by atoms with Gasteiger partial charge in [0.2, 0.25) is 11.8 Å². The molecule has 7 nitrogen and oxygen atoms in total. The molecule has 0 saturated carbocycles. The Morgan fingerprint density at radius 3 is 2.62 bits per heavy atom. The summed E-state index contributed by atoms with van der Waals surface area (Å²) in [4.78, 5) is 18.9. The average molecular weight is 403 g/mol. The van der Waals surface area contributed by atoms with Crippen molar-refractivity contribution < 1.29 is 23.4 Å². The van der Waals surface area contributed by atoms with Crippen molar-refractivity contribution in [1.82, 2.24) is 9.88 Å². The molecule has 1 aliphatic heterocycles. The number of carbonyl (C=O) groups is 1. The first-order valence-corrected chi connectivity index (χ1v) is 9.40. The standard InChI is InChI=1S/C21H26FN3O4/c1-21(13-28-19(29-14-21)16-6-4-5-7-17(16)22)20(26)24-15-8-9-18(23-12-15)27-11-10-25(2)3/h4-9,12,19H,10-11,13-14H2,1-3H3,(H,24,26). The second-order valence-corrected chi connectivity index (χ2v) is 7.53. The number of amides is 1. The fraction of sp³-hybridized carbons (Fsp3) is 0.429. The minimum Gasteiger partial charge on any atom is -0.476 e. The number of hydrogen-bond acceptors (Lipinski definition) is 6. The van der Waals surface area contributed by atoms with Gasteiger partial charge in [0.15, 0.2) is 6.29 Å². The molecule has 1 saturated heterocycles. The van der Waals surface area contributed by atoms with Crippen LogP contribution in [0.3, 0.4) is 0 Å². The molecule has 0 radical (unpaired) electrons. The molecule has 2 heterocycles. The van der Waals surface area contributed by atoms with Crippen LogP contribution in [-0.2, 0) is 14.3 Å². The van der Waals surface area contributed by atoms with Crippen molar-refractivity contribution >= 4 is 11.6 Å². The minimum atomic E-state index is -0.900. The highest BCUT2D eigenvalue weighted by Gasteiger charge is 2.40. The van der Waals surface area contributed by atoms with Gasteiger partial charge in [-0.3, -0.25) is 4.79 Å². The van der Waals surface area contributed by atoms with E-state index >= 15 is 0 Å². The lowest BCUT2D eigenvalue weighted by molar-refractivity contribution is -0.227. The fourth-order valence-corrected chi connectivity index (χ4v) is 2.74. The maximum atomic E-state index is 13.9. The number of anilines is 1. The lowest BCUT2D eigenvalue weighted by atomic mass is 9.90. The number of ether oxygens (including phenoxy) is 3. The number of hydrogen-bond donors (Lipinski definition) is 1. The highest BCUT2D eigenvalue weighted by Crippen LogP contribution is 2.33. The summed E-state index contributed by atoms with van der Waals surface area (Å²) in [6.07, 6.45) is 0.719. The molecule has 0 unspecified atom stereocenters. The molecule has 1 N–H and O–H groups in total. The predicted molar refractivity (Wildman–Crippen MR) is 106 cm³/mol. The van der Waals surface area contributed by atoms with E-state index in [2.05, 4.69) is 10.3 Å². The first-order valence-electron chi connectivity index (χ1n) is 9.40. The Labute approximate surface area is 169 Å². The molecule has 2 aromatic rings. The molecule has 1 aromatic heterocycles. The summed E-state index contributed by atoms with van der Waals surface area (Å²) in [6, 6.07) is 9.71. The van der Waals surface area contributed by atoms with E-state index in [0.29, 0.717) is 23.7 Å². The zero-order valence-electron chi connectivity index (χ0n) is 16.9. The van der Waals surface area contributed by atoms with Gasteiger partial charge in [-0.25, -0.2) is 9.37 Å². The summed E-state index contributed by atoms with van der Waals surface area (Å²) >= 11 is 0. The monoisotopic (exact) mass is 403 g/mol. The van der Waals surface area contributed by atoms with E-state index in [0.717, 1.165) is 6.54 Å². The average Bonchev–Trinajstić information content (AvgIpc) is 2.70. The Balaban J connectivity index is 1.53. The van der Waals surface area contributed by atoms with Crippen LogP contribution in [0.2, 0.25) is 0 Å². The molecule has 0 aliphatic carbocycles. The zero-order chi connectivity index (χ0) is 20.9. The highest BCUT2D eigenvalue weighted by molar-refractivity contribution is 5.95. The normalized spacial score (nSPS) is 21.8. The van der Waals surface area contributed by atoms with Crippen molar-refractivity contribution in [2.75, 3.05) is 45.8 Å². The first kappa shape index (κ1) is 21.2. The largest absolute Gasteiger partial charge is 0.476 e. The van der Waals surface area contributed by atoms with Gasteiger partial charge in [-0.1, -0.05) is 18.2 Å². The minimum absolute atomic E-state index is 0.108. The van der Waals surface area contributed by atoms with Crippen LogP contribution < -0.4 is 10.1 Å². The van der Waals surface area contributed by atoms with E-state index < -0.39 is 17.5 Å². The SMILES string of the molecule is CN(C)CCOc1ccc(NC(=O)C2(C)COC(c3ccccc3F)OC2)cn1. The Morgan fingerprint density at radius 1 is 1.28 bits per heavy atom. The van der Waals surface area contributed by atoms with E-state index in [4.69, 9.17) is 14.2 Å². The molecule has 0 atom stereocenters. The molecule has 1 fully saturated rings. The van der Waals surface area contributed by atoms with E-state index in [1.165, 1.54) is 6.07 Å². The van der Waals surface area contributed by atoms with Crippen LogP contribution in [0.25, 0.3) is 0 Å². The van der Waals surface area contributed by atoms with Gasteiger partial charge in [-0.15, -0.1) is 0 Å². The topological polar surface area (TPSA) is 72.9 Å². The Kier molecular flexibility index (Phi) is 6.79. The first-order chi connectivity index (χ1) is 13.9. The summed E-state index contributed by atoms with van der Waals surface area (Å²) in [5, 5.41) is 2.82. The summed E-state index contributed by atoms with van der Waals surface area (Å²) in [5.74, 6) is -0.162. The van der Waals surface area contributed by atoms with Gasteiger partial charge in [0.1, 0.15) is 12.4 Å². The number of carbonyl (C=O) groups excluding carboxylic acids is 1. The molecule has 0 bridgehead atoms. The van der Waals surface area contributed by atoms with Gasteiger partial charge in [0.05, 0.1) is 30.5 Å². The number of rotatable bonds is 7. The maximum Gasteiger partial charge on any atom is 0.235 e. The third-order valence-corrected chi connectivity index (χ3v) is 4.60. The van der Waals surface area contributed by atoms with Crippen molar-refractivity contribution in [2.45, 2.75) is 13.2 Å². The van der Waals surface area contributed by atoms with Gasteiger partial charge in [0.25, 0.3) is 0 Å². The Hall–Kier alpha value is -2.55. The number of nitrogens with one attached hydrogen (secondary N) is 1. The molecule has 3 rings (SSSR count). The van der Waals surface area contributed by atoms with Crippen molar-refractivity contribution in [3.8, 4) is 5.88 Å². The molecule has 0 spiro atoms. The predicted octanol–water partition coefficient (Wildman–Crippen LogP) is 2.85. The summed E-state index contributed by atoms with van der Waals surface area (Å²) in [7, 11) is 3.93. The van der Waals surface area contributed by atoms with Crippen LogP contribution in [0.15, 0.2) is 42.6 Å². The van der Waals surface area contributed by atoms with Gasteiger partial charge in [-0.05, 0) is 33.2 Å².